The Balaban J connectivity index is 3.72. The van der Waals surface area contributed by atoms with Gasteiger partial charge in [0.1, 0.15) is 0 Å². The molecule has 14 heavy (non-hydrogen) atoms. The molecular formula is C10H19NO3. The van der Waals surface area contributed by atoms with E-state index in [1.165, 1.54) is 0 Å². The van der Waals surface area contributed by atoms with Crippen LogP contribution in [0.1, 0.15) is 13.8 Å². The molecule has 0 aliphatic rings. The average molecular weight is 201 g/mol. The van der Waals surface area contributed by atoms with Crippen LogP contribution < -0.4 is 0 Å². The van der Waals surface area contributed by atoms with Crippen LogP contribution >= 0.6 is 0 Å². The summed E-state index contributed by atoms with van der Waals surface area (Å²) in [5.41, 5.74) is 0. The minimum Gasteiger partial charge on any atom is -0.480 e. The third kappa shape index (κ3) is 7.76. The summed E-state index contributed by atoms with van der Waals surface area (Å²) >= 11 is 0. The second kappa shape index (κ2) is 7.53. The van der Waals surface area contributed by atoms with E-state index in [2.05, 4.69) is 6.58 Å². The largest absolute Gasteiger partial charge is 0.480 e. The summed E-state index contributed by atoms with van der Waals surface area (Å²) in [6.45, 7) is 9.27. The van der Waals surface area contributed by atoms with Crippen LogP contribution in [-0.2, 0) is 9.53 Å². The Kier molecular flexibility index (Phi) is 7.06. The van der Waals surface area contributed by atoms with Crippen molar-refractivity contribution in [2.45, 2.75) is 20.0 Å². The van der Waals surface area contributed by atoms with Crippen molar-refractivity contribution >= 4 is 5.97 Å². The van der Waals surface area contributed by atoms with E-state index in [0.29, 0.717) is 19.7 Å². The van der Waals surface area contributed by atoms with E-state index in [0.717, 1.165) is 0 Å². The van der Waals surface area contributed by atoms with E-state index in [-0.39, 0.29) is 12.6 Å². The van der Waals surface area contributed by atoms with Crippen LogP contribution in [0.4, 0.5) is 0 Å². The predicted molar refractivity (Wildman–Crippen MR) is 55.4 cm³/mol. The molecule has 0 aromatic heterocycles. The summed E-state index contributed by atoms with van der Waals surface area (Å²) in [7, 11) is 0. The van der Waals surface area contributed by atoms with Crippen LogP contribution in [0.5, 0.6) is 0 Å². The molecule has 0 bridgehead atoms. The minimum atomic E-state index is -0.823. The maximum atomic E-state index is 10.5. The molecule has 4 heteroatoms. The van der Waals surface area contributed by atoms with Crippen molar-refractivity contribution in [3.8, 4) is 0 Å². The van der Waals surface area contributed by atoms with Gasteiger partial charge in [-0.15, -0.1) is 6.58 Å². The van der Waals surface area contributed by atoms with Gasteiger partial charge in [-0.3, -0.25) is 9.69 Å². The second-order valence-electron chi connectivity index (χ2n) is 3.34. The molecule has 1 N–H and O–H groups in total. The maximum absolute atomic E-state index is 10.5. The number of carbonyl (C=O) groups is 1. The van der Waals surface area contributed by atoms with E-state index >= 15 is 0 Å². The molecule has 0 saturated heterocycles. The zero-order valence-electron chi connectivity index (χ0n) is 8.90. The van der Waals surface area contributed by atoms with Gasteiger partial charge in [-0.05, 0) is 13.8 Å². The van der Waals surface area contributed by atoms with Crippen LogP contribution in [0.2, 0.25) is 0 Å². The van der Waals surface area contributed by atoms with E-state index in [1.807, 2.05) is 13.8 Å². The summed E-state index contributed by atoms with van der Waals surface area (Å²) in [6.07, 6.45) is 1.88. The molecular weight excluding hydrogens is 182 g/mol. The van der Waals surface area contributed by atoms with E-state index in [9.17, 15) is 4.79 Å². The first-order chi connectivity index (χ1) is 6.56. The molecule has 0 amide bonds. The molecule has 0 heterocycles. The highest BCUT2D eigenvalue weighted by atomic mass is 16.5. The molecule has 4 nitrogen and oxygen atoms in total. The van der Waals surface area contributed by atoms with Crippen molar-refractivity contribution in [1.82, 2.24) is 4.90 Å². The molecule has 0 rings (SSSR count). The van der Waals surface area contributed by atoms with Gasteiger partial charge in [-0.2, -0.15) is 0 Å². The molecule has 0 unspecified atom stereocenters. The molecule has 0 aromatic carbocycles. The third-order valence-corrected chi connectivity index (χ3v) is 1.60. The summed E-state index contributed by atoms with van der Waals surface area (Å²) in [5.74, 6) is -0.823. The number of rotatable bonds is 8. The highest BCUT2D eigenvalue weighted by Gasteiger charge is 2.07. The lowest BCUT2D eigenvalue weighted by molar-refractivity contribution is -0.138. The van der Waals surface area contributed by atoms with Gasteiger partial charge in [0.2, 0.25) is 0 Å². The number of nitrogens with zero attached hydrogens (tertiary/aromatic N) is 1. The summed E-state index contributed by atoms with van der Waals surface area (Å²) in [6, 6.07) is 0. The topological polar surface area (TPSA) is 49.8 Å². The van der Waals surface area contributed by atoms with Crippen LogP contribution in [-0.4, -0.2) is 48.3 Å². The Hall–Kier alpha value is -0.870. The van der Waals surface area contributed by atoms with Crippen molar-refractivity contribution in [3.05, 3.63) is 12.7 Å². The van der Waals surface area contributed by atoms with Gasteiger partial charge in [0.25, 0.3) is 0 Å². The smallest absolute Gasteiger partial charge is 0.317 e. The van der Waals surface area contributed by atoms with Gasteiger partial charge in [-0.1, -0.05) is 6.08 Å². The van der Waals surface area contributed by atoms with Gasteiger partial charge in [0.05, 0.1) is 19.3 Å². The van der Waals surface area contributed by atoms with Crippen LogP contribution in [0.3, 0.4) is 0 Å². The molecule has 0 saturated carbocycles. The monoisotopic (exact) mass is 201 g/mol. The molecule has 0 aromatic rings. The van der Waals surface area contributed by atoms with Crippen molar-refractivity contribution < 1.29 is 14.6 Å². The van der Waals surface area contributed by atoms with Crippen LogP contribution in [0, 0.1) is 0 Å². The molecule has 82 valence electrons. The standard InChI is InChI=1S/C10H19NO3/c1-4-5-11(8-10(12)13)6-7-14-9(2)3/h4,9H,1,5-8H2,2-3H3,(H,12,13). The second-order valence-corrected chi connectivity index (χ2v) is 3.34. The fourth-order valence-electron chi connectivity index (χ4n) is 1.03. The predicted octanol–water partition coefficient (Wildman–Crippen LogP) is 0.984. The Morgan fingerprint density at radius 1 is 1.64 bits per heavy atom. The summed E-state index contributed by atoms with van der Waals surface area (Å²) < 4.78 is 5.33. The van der Waals surface area contributed by atoms with Crippen molar-refractivity contribution in [2.75, 3.05) is 26.2 Å². The van der Waals surface area contributed by atoms with Gasteiger partial charge in [0, 0.05) is 13.1 Å². The first-order valence-electron chi connectivity index (χ1n) is 4.73. The van der Waals surface area contributed by atoms with Gasteiger partial charge in [0.15, 0.2) is 0 Å². The van der Waals surface area contributed by atoms with Crippen molar-refractivity contribution in [1.29, 1.82) is 0 Å². The van der Waals surface area contributed by atoms with Gasteiger partial charge in [-0.25, -0.2) is 0 Å². The maximum Gasteiger partial charge on any atom is 0.317 e. The molecule has 0 atom stereocenters. The number of carboxylic acids is 1. The quantitative estimate of drug-likeness (QED) is 0.595. The molecule has 0 aliphatic heterocycles. The SMILES string of the molecule is C=CCN(CCOC(C)C)CC(=O)O. The molecule has 0 fully saturated rings. The summed E-state index contributed by atoms with van der Waals surface area (Å²) in [5, 5.41) is 8.60. The van der Waals surface area contributed by atoms with Gasteiger partial charge >= 0.3 is 5.97 Å². The number of carboxylic acid groups (broad SMARTS) is 1. The average Bonchev–Trinajstić information content (AvgIpc) is 2.02. The van der Waals surface area contributed by atoms with E-state index < -0.39 is 5.97 Å². The normalized spacial score (nSPS) is 10.9. The summed E-state index contributed by atoms with van der Waals surface area (Å²) in [4.78, 5) is 12.2. The fraction of sp³-hybridized carbons (Fsp3) is 0.700. The first-order valence-corrected chi connectivity index (χ1v) is 4.73. The van der Waals surface area contributed by atoms with Crippen molar-refractivity contribution in [2.24, 2.45) is 0 Å². The lowest BCUT2D eigenvalue weighted by atomic mass is 10.4. The number of ether oxygens (including phenoxy) is 1. The first kappa shape index (κ1) is 13.1. The third-order valence-electron chi connectivity index (χ3n) is 1.60. The Morgan fingerprint density at radius 2 is 2.29 bits per heavy atom. The minimum absolute atomic E-state index is 0.0352. The molecule has 0 radical (unpaired) electrons. The Bertz CT molecular complexity index is 180. The van der Waals surface area contributed by atoms with Gasteiger partial charge < -0.3 is 9.84 Å². The fourth-order valence-corrected chi connectivity index (χ4v) is 1.03. The molecule has 0 aliphatic carbocycles. The van der Waals surface area contributed by atoms with E-state index in [4.69, 9.17) is 9.84 Å². The zero-order valence-corrected chi connectivity index (χ0v) is 8.90. The number of hydrogen-bond donors (Lipinski definition) is 1. The number of hydrogen-bond acceptors (Lipinski definition) is 3. The zero-order chi connectivity index (χ0) is 11.0. The van der Waals surface area contributed by atoms with Crippen LogP contribution in [0.15, 0.2) is 12.7 Å². The van der Waals surface area contributed by atoms with E-state index in [1.54, 1.807) is 11.0 Å². The Morgan fingerprint density at radius 3 is 2.71 bits per heavy atom. The number of aliphatic carboxylic acids is 1. The lowest BCUT2D eigenvalue weighted by Crippen LogP contribution is -2.33. The van der Waals surface area contributed by atoms with Crippen LogP contribution in [0.25, 0.3) is 0 Å². The molecule has 0 spiro atoms. The van der Waals surface area contributed by atoms with Crippen molar-refractivity contribution in [3.63, 3.8) is 0 Å². The highest BCUT2D eigenvalue weighted by molar-refractivity contribution is 5.69. The Labute approximate surface area is 85.2 Å². The lowest BCUT2D eigenvalue weighted by Gasteiger charge is -2.18. The highest BCUT2D eigenvalue weighted by Crippen LogP contribution is 1.92.